The summed E-state index contributed by atoms with van der Waals surface area (Å²) in [6.07, 6.45) is 2.57. The average molecular weight is 321 g/mol. The summed E-state index contributed by atoms with van der Waals surface area (Å²) in [6, 6.07) is 5.79. The molecular formula is C12H19NO5S2. The molecule has 20 heavy (non-hydrogen) atoms. The Morgan fingerprint density at radius 2 is 1.60 bits per heavy atom. The minimum absolute atomic E-state index is 0.0666. The molecule has 6 nitrogen and oxygen atoms in total. The van der Waals surface area contributed by atoms with Crippen LogP contribution in [0.5, 0.6) is 0 Å². The molecular weight excluding hydrogens is 302 g/mol. The first-order chi connectivity index (χ1) is 8.92. The highest BCUT2D eigenvalue weighted by atomic mass is 32.2. The quantitative estimate of drug-likeness (QED) is 0.807. The number of rotatable bonds is 3. The maximum absolute atomic E-state index is 10.5. The zero-order valence-corrected chi connectivity index (χ0v) is 13.1. The fourth-order valence-electron chi connectivity index (χ4n) is 0.977. The van der Waals surface area contributed by atoms with Crippen LogP contribution >= 0.6 is 0 Å². The van der Waals surface area contributed by atoms with Crippen LogP contribution in [-0.4, -0.2) is 33.7 Å². The van der Waals surface area contributed by atoms with Crippen LogP contribution in [0.4, 0.5) is 0 Å². The van der Waals surface area contributed by atoms with Gasteiger partial charge in [-0.2, -0.15) is 8.42 Å². The van der Waals surface area contributed by atoms with E-state index in [1.807, 2.05) is 6.92 Å². The van der Waals surface area contributed by atoms with Crippen molar-refractivity contribution in [2.45, 2.75) is 24.8 Å². The minimum atomic E-state index is -4.02. The number of nitrogens with two attached hydrogens (primary N) is 1. The lowest BCUT2D eigenvalue weighted by atomic mass is 10.2. The van der Waals surface area contributed by atoms with E-state index in [0.717, 1.165) is 17.2 Å². The topological polar surface area (TPSA) is 115 Å². The van der Waals surface area contributed by atoms with E-state index >= 15 is 0 Å². The summed E-state index contributed by atoms with van der Waals surface area (Å²) < 4.78 is 50.3. The lowest BCUT2D eigenvalue weighted by Gasteiger charge is -1.95. The van der Waals surface area contributed by atoms with Gasteiger partial charge in [0.15, 0.2) is 9.84 Å². The third-order valence-electron chi connectivity index (χ3n) is 1.95. The van der Waals surface area contributed by atoms with Gasteiger partial charge in [-0.25, -0.2) is 8.42 Å². The van der Waals surface area contributed by atoms with Gasteiger partial charge in [0.25, 0.3) is 10.1 Å². The summed E-state index contributed by atoms with van der Waals surface area (Å²) >= 11 is 0. The maximum Gasteiger partial charge on any atom is 0.294 e. The van der Waals surface area contributed by atoms with Crippen molar-refractivity contribution in [2.24, 2.45) is 5.73 Å². The molecule has 1 atom stereocenters. The second-order valence-electron chi connectivity index (χ2n) is 4.31. The largest absolute Gasteiger partial charge is 0.325 e. The van der Waals surface area contributed by atoms with Gasteiger partial charge >= 0.3 is 0 Å². The molecule has 0 bridgehead atoms. The molecule has 0 spiro atoms. The zero-order chi connectivity index (χ0) is 16.0. The van der Waals surface area contributed by atoms with Gasteiger partial charge in [-0.05, 0) is 26.0 Å². The molecule has 114 valence electrons. The zero-order valence-electron chi connectivity index (χ0n) is 11.5. The van der Waals surface area contributed by atoms with Gasteiger partial charge in [0.1, 0.15) is 0 Å². The summed E-state index contributed by atoms with van der Waals surface area (Å²) in [5.41, 5.74) is 6.20. The van der Waals surface area contributed by atoms with Gasteiger partial charge in [0, 0.05) is 17.7 Å². The number of benzene rings is 1. The monoisotopic (exact) mass is 321 g/mol. The van der Waals surface area contributed by atoms with E-state index in [-0.39, 0.29) is 10.9 Å². The molecule has 1 aromatic rings. The van der Waals surface area contributed by atoms with Crippen molar-refractivity contribution >= 4 is 20.0 Å². The first-order valence-corrected chi connectivity index (χ1v) is 8.99. The Bertz CT molecular complexity index is 644. The second-order valence-corrected chi connectivity index (χ2v) is 7.66. The minimum Gasteiger partial charge on any atom is -0.325 e. The predicted octanol–water partition coefficient (Wildman–Crippen LogP) is 1.13. The number of sulfone groups is 1. The van der Waals surface area contributed by atoms with Crippen LogP contribution in [0.25, 0.3) is 0 Å². The fraction of sp³-hybridized carbons (Fsp3) is 0.333. The molecule has 0 aromatic heterocycles. The van der Waals surface area contributed by atoms with Crippen molar-refractivity contribution < 1.29 is 21.4 Å². The Morgan fingerprint density at radius 3 is 1.85 bits per heavy atom. The average Bonchev–Trinajstić information content (AvgIpc) is 2.26. The SMILES string of the molecule is C[C@@H](N)/C=C\S(C)(=O)=O.Cc1ccc(S(=O)(=O)O)cc1. The van der Waals surface area contributed by atoms with E-state index in [9.17, 15) is 16.8 Å². The Balaban J connectivity index is 0.000000370. The number of aryl methyl sites for hydroxylation is 1. The lowest BCUT2D eigenvalue weighted by Crippen LogP contribution is -2.10. The van der Waals surface area contributed by atoms with Crippen LogP contribution in [0.1, 0.15) is 12.5 Å². The first kappa shape index (κ1) is 18.8. The van der Waals surface area contributed by atoms with Crippen LogP contribution in [0.3, 0.4) is 0 Å². The normalized spacial score (nSPS) is 13.7. The van der Waals surface area contributed by atoms with E-state index in [1.54, 1.807) is 19.1 Å². The Hall–Kier alpha value is -1.22. The summed E-state index contributed by atoms with van der Waals surface area (Å²) in [7, 11) is -7.00. The van der Waals surface area contributed by atoms with Gasteiger partial charge in [-0.1, -0.05) is 23.8 Å². The molecule has 0 saturated heterocycles. The molecule has 1 aromatic carbocycles. The van der Waals surface area contributed by atoms with Gasteiger partial charge < -0.3 is 5.73 Å². The molecule has 0 amide bonds. The number of hydrogen-bond donors (Lipinski definition) is 2. The summed E-state index contributed by atoms with van der Waals surface area (Å²) in [5, 5.41) is 1.11. The Kier molecular flexibility index (Phi) is 7.07. The molecule has 0 fully saturated rings. The number of hydrogen-bond acceptors (Lipinski definition) is 5. The summed E-state index contributed by atoms with van der Waals surface area (Å²) in [5.74, 6) is 0. The van der Waals surface area contributed by atoms with Crippen molar-refractivity contribution in [3.05, 3.63) is 41.3 Å². The fourth-order valence-corrected chi connectivity index (χ4v) is 1.99. The maximum atomic E-state index is 10.5. The smallest absolute Gasteiger partial charge is 0.294 e. The van der Waals surface area contributed by atoms with E-state index in [1.165, 1.54) is 18.2 Å². The highest BCUT2D eigenvalue weighted by molar-refractivity contribution is 7.93. The molecule has 0 aliphatic heterocycles. The standard InChI is InChI=1S/C7H8O3S.C5H11NO2S/c1-6-2-4-7(5-3-6)11(8,9)10;1-5(6)3-4-9(2,7)8/h2-5H,1H3,(H,8,9,10);3-5H,6H2,1-2H3/b;4-3-/t;5-/m.1/s1. The van der Waals surface area contributed by atoms with E-state index in [2.05, 4.69) is 0 Å². The molecule has 0 heterocycles. The van der Waals surface area contributed by atoms with E-state index < -0.39 is 20.0 Å². The van der Waals surface area contributed by atoms with Crippen molar-refractivity contribution in [3.63, 3.8) is 0 Å². The molecule has 0 aliphatic rings. The van der Waals surface area contributed by atoms with E-state index in [4.69, 9.17) is 10.3 Å². The van der Waals surface area contributed by atoms with Crippen LogP contribution in [0, 0.1) is 6.92 Å². The highest BCUT2D eigenvalue weighted by Gasteiger charge is 2.06. The van der Waals surface area contributed by atoms with Crippen molar-refractivity contribution in [1.29, 1.82) is 0 Å². The van der Waals surface area contributed by atoms with Gasteiger partial charge in [-0.3, -0.25) is 4.55 Å². The molecule has 8 heteroatoms. The molecule has 3 N–H and O–H groups in total. The second kappa shape index (κ2) is 7.53. The summed E-state index contributed by atoms with van der Waals surface area (Å²) in [4.78, 5) is -0.0666. The molecule has 0 unspecified atom stereocenters. The van der Waals surface area contributed by atoms with Crippen molar-refractivity contribution in [3.8, 4) is 0 Å². The van der Waals surface area contributed by atoms with Gasteiger partial charge in [0.05, 0.1) is 4.90 Å². The van der Waals surface area contributed by atoms with E-state index in [0.29, 0.717) is 0 Å². The van der Waals surface area contributed by atoms with Crippen LogP contribution in [-0.2, 0) is 20.0 Å². The Morgan fingerprint density at radius 1 is 1.15 bits per heavy atom. The molecule has 1 rings (SSSR count). The Labute approximate surface area is 120 Å². The van der Waals surface area contributed by atoms with Crippen molar-refractivity contribution in [1.82, 2.24) is 0 Å². The predicted molar refractivity (Wildman–Crippen MR) is 78.6 cm³/mol. The van der Waals surface area contributed by atoms with Crippen LogP contribution < -0.4 is 5.73 Å². The summed E-state index contributed by atoms with van der Waals surface area (Å²) in [6.45, 7) is 3.55. The lowest BCUT2D eigenvalue weighted by molar-refractivity contribution is 0.483. The van der Waals surface area contributed by atoms with Gasteiger partial charge in [-0.15, -0.1) is 0 Å². The molecule has 0 radical (unpaired) electrons. The highest BCUT2D eigenvalue weighted by Crippen LogP contribution is 2.08. The van der Waals surface area contributed by atoms with Crippen LogP contribution in [0.15, 0.2) is 40.6 Å². The first-order valence-electron chi connectivity index (χ1n) is 5.60. The third-order valence-corrected chi connectivity index (χ3v) is 3.47. The third kappa shape index (κ3) is 9.68. The molecule has 0 saturated carbocycles. The van der Waals surface area contributed by atoms with Crippen LogP contribution in [0.2, 0.25) is 0 Å². The van der Waals surface area contributed by atoms with Gasteiger partial charge in [0.2, 0.25) is 0 Å². The van der Waals surface area contributed by atoms with Crippen molar-refractivity contribution in [2.75, 3.05) is 6.26 Å². The molecule has 0 aliphatic carbocycles.